The van der Waals surface area contributed by atoms with Gasteiger partial charge in [0.1, 0.15) is 0 Å². The number of aliphatic hydroxyl groups excluding tert-OH is 1. The Balaban J connectivity index is 1.63. The molecule has 4 aliphatic carbocycles. The van der Waals surface area contributed by atoms with Crippen LogP contribution in [0.25, 0.3) is 0 Å². The molecule has 0 aromatic heterocycles. The first kappa shape index (κ1) is 25.0. The SMILES string of the molecule is CCCCC1C=C2CC(O[Si](C)(C)C(C)(C)C)CC[C@]2(C)[C@@H]2CC[C@]3(C)C(O)CC[C@H]3[C@H]12. The van der Waals surface area contributed by atoms with Gasteiger partial charge in [-0.1, -0.05) is 66.0 Å². The van der Waals surface area contributed by atoms with E-state index in [2.05, 4.69) is 60.7 Å². The Bertz CT molecular complexity index is 721. The fourth-order valence-corrected chi connectivity index (χ4v) is 9.56. The smallest absolute Gasteiger partial charge is 0.192 e. The van der Waals surface area contributed by atoms with Crippen molar-refractivity contribution in [3.8, 4) is 0 Å². The number of allylic oxidation sites excluding steroid dienone is 1. The van der Waals surface area contributed by atoms with Gasteiger partial charge >= 0.3 is 0 Å². The molecule has 0 amide bonds. The van der Waals surface area contributed by atoms with E-state index >= 15 is 0 Å². The van der Waals surface area contributed by atoms with Gasteiger partial charge in [0.25, 0.3) is 0 Å². The highest BCUT2D eigenvalue weighted by Crippen LogP contribution is 2.66. The molecule has 3 heteroatoms. The van der Waals surface area contributed by atoms with Crippen molar-refractivity contribution in [2.45, 2.75) is 136 Å². The van der Waals surface area contributed by atoms with Gasteiger partial charge in [0.05, 0.1) is 6.10 Å². The number of rotatable bonds is 5. The van der Waals surface area contributed by atoms with Gasteiger partial charge in [-0.2, -0.15) is 0 Å². The van der Waals surface area contributed by atoms with Crippen LogP contribution in [0.1, 0.15) is 106 Å². The topological polar surface area (TPSA) is 29.5 Å². The highest BCUT2D eigenvalue weighted by Gasteiger charge is 2.60. The predicted octanol–water partition coefficient (Wildman–Crippen LogP) is 8.12. The summed E-state index contributed by atoms with van der Waals surface area (Å²) in [5.41, 5.74) is 2.27. The van der Waals surface area contributed by atoms with Gasteiger partial charge < -0.3 is 9.53 Å². The Kier molecular flexibility index (Phi) is 6.65. The summed E-state index contributed by atoms with van der Waals surface area (Å²) >= 11 is 0. The van der Waals surface area contributed by atoms with Crippen LogP contribution in [0.3, 0.4) is 0 Å². The van der Waals surface area contributed by atoms with Crippen LogP contribution in [0.2, 0.25) is 18.1 Å². The fraction of sp³-hybridized carbons (Fsp3) is 0.931. The zero-order valence-electron chi connectivity index (χ0n) is 22.5. The number of unbranched alkanes of at least 4 members (excludes halogenated alkanes) is 1. The van der Waals surface area contributed by atoms with E-state index in [1.54, 1.807) is 5.57 Å². The van der Waals surface area contributed by atoms with Gasteiger partial charge in [0.2, 0.25) is 0 Å². The molecule has 184 valence electrons. The minimum absolute atomic E-state index is 0.0767. The minimum atomic E-state index is -1.74. The lowest BCUT2D eigenvalue weighted by molar-refractivity contribution is -0.0877. The van der Waals surface area contributed by atoms with Crippen molar-refractivity contribution in [2.75, 3.05) is 0 Å². The van der Waals surface area contributed by atoms with Crippen LogP contribution in [0, 0.1) is 34.5 Å². The van der Waals surface area contributed by atoms with Gasteiger partial charge in [-0.15, -0.1) is 0 Å². The fourth-order valence-electron chi connectivity index (χ4n) is 8.17. The molecule has 0 saturated heterocycles. The minimum Gasteiger partial charge on any atom is -0.414 e. The van der Waals surface area contributed by atoms with Crippen molar-refractivity contribution in [2.24, 2.45) is 34.5 Å². The first-order valence-corrected chi connectivity index (χ1v) is 16.8. The van der Waals surface area contributed by atoms with Crippen LogP contribution in [0.15, 0.2) is 11.6 Å². The zero-order valence-corrected chi connectivity index (χ0v) is 23.5. The molecule has 0 heterocycles. The Morgan fingerprint density at radius 3 is 2.44 bits per heavy atom. The van der Waals surface area contributed by atoms with E-state index in [1.807, 2.05) is 0 Å². The molecule has 0 aromatic carbocycles. The van der Waals surface area contributed by atoms with Crippen LogP contribution in [-0.2, 0) is 4.43 Å². The average Bonchev–Trinajstić information content (AvgIpc) is 3.00. The molecule has 0 aliphatic heterocycles. The molecule has 32 heavy (non-hydrogen) atoms. The quantitative estimate of drug-likeness (QED) is 0.331. The van der Waals surface area contributed by atoms with Crippen LogP contribution in [0.5, 0.6) is 0 Å². The summed E-state index contributed by atoms with van der Waals surface area (Å²) in [7, 11) is -1.74. The third-order valence-corrected chi connectivity index (χ3v) is 15.9. The number of hydrogen-bond acceptors (Lipinski definition) is 2. The summed E-state index contributed by atoms with van der Waals surface area (Å²) < 4.78 is 6.95. The zero-order chi connectivity index (χ0) is 23.5. The van der Waals surface area contributed by atoms with E-state index in [0.717, 1.165) is 18.3 Å². The third kappa shape index (κ3) is 4.00. The molecular weight excluding hydrogens is 408 g/mol. The second kappa shape index (κ2) is 8.52. The summed E-state index contributed by atoms with van der Waals surface area (Å²) in [4.78, 5) is 0. The summed E-state index contributed by atoms with van der Waals surface area (Å²) in [6, 6.07) is 0. The summed E-state index contributed by atoms with van der Waals surface area (Å²) in [6.45, 7) is 19.3. The van der Waals surface area contributed by atoms with E-state index in [-0.39, 0.29) is 16.6 Å². The average molecular weight is 461 g/mol. The molecule has 0 bridgehead atoms. The van der Waals surface area contributed by atoms with Crippen LogP contribution >= 0.6 is 0 Å². The van der Waals surface area contributed by atoms with Crippen molar-refractivity contribution >= 4 is 8.32 Å². The highest BCUT2D eigenvalue weighted by atomic mass is 28.4. The lowest BCUT2D eigenvalue weighted by Crippen LogP contribution is -2.54. The Morgan fingerprint density at radius 1 is 1.06 bits per heavy atom. The summed E-state index contributed by atoms with van der Waals surface area (Å²) in [5.74, 6) is 3.02. The van der Waals surface area contributed by atoms with Gasteiger partial charge in [-0.05, 0) is 104 Å². The van der Waals surface area contributed by atoms with E-state index in [1.165, 1.54) is 57.8 Å². The molecule has 2 nitrogen and oxygen atoms in total. The van der Waals surface area contributed by atoms with E-state index < -0.39 is 8.32 Å². The van der Waals surface area contributed by atoms with Crippen LogP contribution in [0.4, 0.5) is 0 Å². The normalized spacial score (nSPS) is 44.5. The van der Waals surface area contributed by atoms with Gasteiger partial charge in [-0.3, -0.25) is 0 Å². The first-order valence-electron chi connectivity index (χ1n) is 13.9. The molecular formula is C29H52O2Si. The maximum Gasteiger partial charge on any atom is 0.192 e. The van der Waals surface area contributed by atoms with E-state index in [4.69, 9.17) is 4.43 Å². The summed E-state index contributed by atoms with van der Waals surface area (Å²) in [6.07, 6.45) is 15.6. The molecule has 1 N–H and O–H groups in total. The van der Waals surface area contributed by atoms with Crippen molar-refractivity contribution in [1.29, 1.82) is 0 Å². The molecule has 0 radical (unpaired) electrons. The Labute approximate surface area is 200 Å². The monoisotopic (exact) mass is 460 g/mol. The molecule has 0 spiro atoms. The second-order valence-corrected chi connectivity index (χ2v) is 18.8. The van der Waals surface area contributed by atoms with Crippen molar-refractivity contribution in [1.82, 2.24) is 0 Å². The molecule has 0 aromatic rings. The molecule has 3 fully saturated rings. The van der Waals surface area contributed by atoms with E-state index in [0.29, 0.717) is 23.4 Å². The maximum atomic E-state index is 10.9. The largest absolute Gasteiger partial charge is 0.414 e. The second-order valence-electron chi connectivity index (χ2n) is 14.1. The molecule has 4 aliphatic rings. The molecule has 4 rings (SSSR count). The number of hydrogen-bond donors (Lipinski definition) is 1. The predicted molar refractivity (Wildman–Crippen MR) is 138 cm³/mol. The van der Waals surface area contributed by atoms with Crippen LogP contribution in [-0.4, -0.2) is 25.6 Å². The van der Waals surface area contributed by atoms with Gasteiger partial charge in [0.15, 0.2) is 8.32 Å². The maximum absolute atomic E-state index is 10.9. The standard InChI is InChI=1S/C29H52O2Si/c1-9-10-11-20-18-21-19-22(31-32(7,8)27(2,3)4)14-16-28(21,5)24-15-17-29(6)23(26(20)24)12-13-25(29)30/h18,20,22-26,30H,9-17,19H2,1-8H3/t20?,22?,23-,24+,25?,26-,28-,29-/m0/s1. The van der Waals surface area contributed by atoms with E-state index in [9.17, 15) is 5.11 Å². The highest BCUT2D eigenvalue weighted by molar-refractivity contribution is 6.74. The Hall–Kier alpha value is -0.123. The van der Waals surface area contributed by atoms with Gasteiger partial charge in [0, 0.05) is 6.10 Å². The lowest BCUT2D eigenvalue weighted by Gasteiger charge is -2.60. The first-order chi connectivity index (χ1) is 14.8. The molecule has 3 unspecified atom stereocenters. The molecule has 8 atom stereocenters. The Morgan fingerprint density at radius 2 is 1.78 bits per heavy atom. The van der Waals surface area contributed by atoms with Crippen molar-refractivity contribution < 1.29 is 9.53 Å². The number of aliphatic hydroxyl groups is 1. The summed E-state index contributed by atoms with van der Waals surface area (Å²) in [5, 5.41) is 11.2. The third-order valence-electron chi connectivity index (χ3n) is 11.3. The van der Waals surface area contributed by atoms with Gasteiger partial charge in [-0.25, -0.2) is 0 Å². The van der Waals surface area contributed by atoms with Crippen molar-refractivity contribution in [3.05, 3.63) is 11.6 Å². The number of fused-ring (bicyclic) bond motifs is 5. The lowest BCUT2D eigenvalue weighted by atomic mass is 9.45. The molecule has 3 saturated carbocycles. The van der Waals surface area contributed by atoms with Crippen molar-refractivity contribution in [3.63, 3.8) is 0 Å². The van der Waals surface area contributed by atoms with Crippen LogP contribution < -0.4 is 0 Å².